The summed E-state index contributed by atoms with van der Waals surface area (Å²) >= 11 is 0. The van der Waals surface area contributed by atoms with Gasteiger partial charge in [-0.2, -0.15) is 0 Å². The fourth-order valence-electron chi connectivity index (χ4n) is 9.82. The van der Waals surface area contributed by atoms with Crippen molar-refractivity contribution in [2.24, 2.45) is 46.3 Å². The molecule has 0 saturated heterocycles. The molecule has 0 aromatic heterocycles. The van der Waals surface area contributed by atoms with Gasteiger partial charge in [0.25, 0.3) is 0 Å². The number of esters is 1. The Bertz CT molecular complexity index is 1100. The van der Waals surface area contributed by atoms with Gasteiger partial charge in [-0.15, -0.1) is 0 Å². The largest absolute Gasteiger partial charge is 0.478 e. The number of carboxylic acid groups (broad SMARTS) is 1. The molecule has 4 heteroatoms. The van der Waals surface area contributed by atoms with Crippen LogP contribution in [-0.2, 0) is 4.74 Å². The fraction of sp³-hybridized carbons (Fsp3) is 0.714. The van der Waals surface area contributed by atoms with Gasteiger partial charge in [-0.1, -0.05) is 77.7 Å². The first-order valence-electron chi connectivity index (χ1n) is 15.8. The molecule has 1 aromatic carbocycles. The minimum Gasteiger partial charge on any atom is -0.478 e. The van der Waals surface area contributed by atoms with E-state index in [-0.39, 0.29) is 22.6 Å². The van der Waals surface area contributed by atoms with E-state index in [0.717, 1.165) is 54.8 Å². The molecule has 3 fully saturated rings. The number of hydrogen-bond donors (Lipinski definition) is 1. The number of carbonyl (C=O) groups is 2. The van der Waals surface area contributed by atoms with Crippen LogP contribution >= 0.6 is 0 Å². The second-order valence-electron chi connectivity index (χ2n) is 14.4. The van der Waals surface area contributed by atoms with Gasteiger partial charge < -0.3 is 9.84 Å². The maximum absolute atomic E-state index is 12.9. The maximum atomic E-state index is 12.9. The lowest BCUT2D eigenvalue weighted by molar-refractivity contribution is -0.0594. The zero-order chi connectivity index (χ0) is 27.9. The molecule has 0 spiro atoms. The van der Waals surface area contributed by atoms with Gasteiger partial charge in [-0.3, -0.25) is 0 Å². The van der Waals surface area contributed by atoms with Crippen molar-refractivity contribution in [1.82, 2.24) is 0 Å². The summed E-state index contributed by atoms with van der Waals surface area (Å²) in [7, 11) is 0. The van der Waals surface area contributed by atoms with E-state index in [9.17, 15) is 14.7 Å². The number of benzene rings is 1. The Hall–Kier alpha value is -2.10. The lowest BCUT2D eigenvalue weighted by Gasteiger charge is -2.58. The summed E-state index contributed by atoms with van der Waals surface area (Å²) in [6.45, 7) is 12.4. The van der Waals surface area contributed by atoms with E-state index >= 15 is 0 Å². The number of ether oxygens (including phenoxy) is 1. The Kier molecular flexibility index (Phi) is 8.06. The minimum atomic E-state index is -1.09. The van der Waals surface area contributed by atoms with Crippen molar-refractivity contribution in [1.29, 1.82) is 0 Å². The smallest absolute Gasteiger partial charge is 0.339 e. The molecule has 39 heavy (non-hydrogen) atoms. The average Bonchev–Trinajstić information content (AvgIpc) is 3.26. The molecule has 4 aliphatic carbocycles. The topological polar surface area (TPSA) is 63.6 Å². The van der Waals surface area contributed by atoms with Crippen LogP contribution in [0.3, 0.4) is 0 Å². The molecular formula is C35H50O4. The quantitative estimate of drug-likeness (QED) is 0.267. The lowest BCUT2D eigenvalue weighted by Crippen LogP contribution is -2.51. The summed E-state index contributed by atoms with van der Waals surface area (Å²) in [4.78, 5) is 24.5. The molecular weight excluding hydrogens is 484 g/mol. The van der Waals surface area contributed by atoms with E-state index in [1.807, 2.05) is 0 Å². The third kappa shape index (κ3) is 5.22. The van der Waals surface area contributed by atoms with Gasteiger partial charge in [0.15, 0.2) is 0 Å². The Morgan fingerprint density at radius 1 is 0.974 bits per heavy atom. The van der Waals surface area contributed by atoms with Crippen molar-refractivity contribution in [3.63, 3.8) is 0 Å². The normalized spacial score (nSPS) is 36.4. The highest BCUT2D eigenvalue weighted by atomic mass is 16.5. The van der Waals surface area contributed by atoms with Crippen molar-refractivity contribution in [2.75, 3.05) is 0 Å². The number of hydrogen-bond acceptors (Lipinski definition) is 3. The van der Waals surface area contributed by atoms with Crippen molar-refractivity contribution >= 4 is 11.9 Å². The van der Waals surface area contributed by atoms with Crippen LogP contribution in [0, 0.1) is 46.3 Å². The van der Waals surface area contributed by atoms with Crippen LogP contribution in [0.4, 0.5) is 0 Å². The van der Waals surface area contributed by atoms with Crippen LogP contribution < -0.4 is 0 Å². The summed E-state index contributed by atoms with van der Waals surface area (Å²) in [6.07, 6.45) is 15.9. The second-order valence-corrected chi connectivity index (χ2v) is 14.4. The van der Waals surface area contributed by atoms with Crippen LogP contribution in [0.2, 0.25) is 0 Å². The van der Waals surface area contributed by atoms with Gasteiger partial charge >= 0.3 is 11.9 Å². The van der Waals surface area contributed by atoms with Crippen LogP contribution in [0.1, 0.15) is 126 Å². The van der Waals surface area contributed by atoms with Gasteiger partial charge in [0.2, 0.25) is 0 Å². The first kappa shape index (κ1) is 28.4. The van der Waals surface area contributed by atoms with Gasteiger partial charge in [0.1, 0.15) is 6.10 Å². The van der Waals surface area contributed by atoms with E-state index < -0.39 is 11.9 Å². The molecule has 1 aromatic rings. The Balaban J connectivity index is 1.26. The summed E-state index contributed by atoms with van der Waals surface area (Å²) in [6, 6.07) is 6.37. The maximum Gasteiger partial charge on any atom is 0.339 e. The van der Waals surface area contributed by atoms with Crippen LogP contribution in [0.25, 0.3) is 0 Å². The Labute approximate surface area is 236 Å². The third-order valence-electron chi connectivity index (χ3n) is 11.9. The third-order valence-corrected chi connectivity index (χ3v) is 11.9. The molecule has 0 amide bonds. The molecule has 1 N–H and O–H groups in total. The van der Waals surface area contributed by atoms with Crippen LogP contribution in [0.15, 0.2) is 35.9 Å². The molecule has 4 nitrogen and oxygen atoms in total. The first-order chi connectivity index (χ1) is 18.5. The standard InChI is InChI=1S/C35H50O4/c1-22(2)9-8-10-23(3)29-15-16-30-28-14-13-24-21-25(17-19-34(24,4)31(28)18-20-35(29,30)5)39-33(38)27-12-7-6-11-26(27)32(36)37/h6-7,11-13,22-23,25,28-31H,8-10,14-21H2,1-5H3,(H,36,37). The van der Waals surface area contributed by atoms with E-state index in [1.165, 1.54) is 63.0 Å². The molecule has 0 heterocycles. The highest BCUT2D eigenvalue weighted by Gasteiger charge is 2.59. The van der Waals surface area contributed by atoms with Crippen LogP contribution in [0.5, 0.6) is 0 Å². The number of fused-ring (bicyclic) bond motifs is 5. The van der Waals surface area contributed by atoms with Gasteiger partial charge in [0, 0.05) is 6.42 Å². The van der Waals surface area contributed by atoms with Gasteiger partial charge in [0.05, 0.1) is 11.1 Å². The number of aromatic carboxylic acids is 1. The summed E-state index contributed by atoms with van der Waals surface area (Å²) in [5.74, 6) is 3.26. The van der Waals surface area contributed by atoms with Crippen molar-refractivity contribution in [2.45, 2.75) is 111 Å². The summed E-state index contributed by atoms with van der Waals surface area (Å²) in [5, 5.41) is 9.49. The molecule has 214 valence electrons. The van der Waals surface area contributed by atoms with Crippen molar-refractivity contribution < 1.29 is 19.4 Å². The van der Waals surface area contributed by atoms with E-state index in [2.05, 4.69) is 40.7 Å². The predicted molar refractivity (Wildman–Crippen MR) is 156 cm³/mol. The zero-order valence-corrected chi connectivity index (χ0v) is 24.9. The monoisotopic (exact) mass is 534 g/mol. The summed E-state index contributed by atoms with van der Waals surface area (Å²) < 4.78 is 5.93. The highest BCUT2D eigenvalue weighted by Crippen LogP contribution is 2.67. The molecule has 5 rings (SSSR count). The Morgan fingerprint density at radius 3 is 2.44 bits per heavy atom. The SMILES string of the molecule is CC(C)CCCC(C)C1CCC2C3CC=C4CC(OC(=O)c5ccccc5C(=O)O)CCC4(C)C3CCC12C. The zero-order valence-electron chi connectivity index (χ0n) is 24.9. The van der Waals surface area contributed by atoms with Crippen molar-refractivity contribution in [3.05, 3.63) is 47.0 Å². The van der Waals surface area contributed by atoms with E-state index in [4.69, 9.17) is 4.74 Å². The van der Waals surface area contributed by atoms with E-state index in [1.54, 1.807) is 18.2 Å². The number of carboxylic acids is 1. The molecule has 8 unspecified atom stereocenters. The van der Waals surface area contributed by atoms with Gasteiger partial charge in [-0.25, -0.2) is 9.59 Å². The summed E-state index contributed by atoms with van der Waals surface area (Å²) in [5.41, 5.74) is 2.34. The van der Waals surface area contributed by atoms with Gasteiger partial charge in [-0.05, 0) is 103 Å². The van der Waals surface area contributed by atoms with Crippen molar-refractivity contribution in [3.8, 4) is 0 Å². The Morgan fingerprint density at radius 2 is 1.72 bits per heavy atom. The molecule has 8 atom stereocenters. The second kappa shape index (κ2) is 11.1. The molecule has 0 radical (unpaired) electrons. The molecule has 3 saturated carbocycles. The minimum absolute atomic E-state index is 0.0113. The van der Waals surface area contributed by atoms with Crippen LogP contribution in [-0.4, -0.2) is 23.1 Å². The molecule has 0 bridgehead atoms. The number of rotatable bonds is 8. The predicted octanol–water partition coefficient (Wildman–Crippen LogP) is 8.95. The number of carbonyl (C=O) groups excluding carboxylic acids is 1. The number of allylic oxidation sites excluding steroid dienone is 1. The molecule has 0 aliphatic heterocycles. The lowest BCUT2D eigenvalue weighted by atomic mass is 9.47. The first-order valence-corrected chi connectivity index (χ1v) is 15.8. The highest BCUT2D eigenvalue weighted by molar-refractivity contribution is 6.02. The average molecular weight is 535 g/mol. The fourth-order valence-corrected chi connectivity index (χ4v) is 9.82. The van der Waals surface area contributed by atoms with E-state index in [0.29, 0.717) is 5.41 Å². The molecule has 4 aliphatic rings.